The highest BCUT2D eigenvalue weighted by atomic mass is 32.1. The Bertz CT molecular complexity index is 1840. The molecule has 0 saturated carbocycles. The maximum absolute atomic E-state index is 14.0. The SMILES string of the molecule is CCc1sc(CCc2ccccc2)nc1-c1ccc(C(F)(F)F)cc1CN(Cc1cc(C(F)(F)F)cc(C(F)(F)F)c1)c1nn(C)n1N. The Morgan fingerprint density at radius 3 is 1.92 bits per heavy atom. The Morgan fingerprint density at radius 2 is 1.38 bits per heavy atom. The van der Waals surface area contributed by atoms with Crippen LogP contribution in [-0.2, 0) is 57.9 Å². The highest BCUT2D eigenvalue weighted by Gasteiger charge is 2.37. The van der Waals surface area contributed by atoms with Crippen LogP contribution < -0.4 is 10.7 Å². The van der Waals surface area contributed by atoms with E-state index in [-0.39, 0.29) is 17.6 Å². The molecule has 0 bridgehead atoms. The number of hydrogen-bond acceptors (Lipinski definition) is 5. The minimum Gasteiger partial charge on any atom is -0.330 e. The molecule has 0 spiro atoms. The molecule has 0 unspecified atom stereocenters. The van der Waals surface area contributed by atoms with Gasteiger partial charge in [-0.1, -0.05) is 43.3 Å². The van der Waals surface area contributed by atoms with Crippen molar-refractivity contribution in [2.45, 2.75) is 57.8 Å². The van der Waals surface area contributed by atoms with E-state index in [1.807, 2.05) is 37.3 Å². The molecular weight excluding hydrogens is 671 g/mol. The summed E-state index contributed by atoms with van der Waals surface area (Å²) in [6.45, 7) is 0.880. The van der Waals surface area contributed by atoms with Crippen molar-refractivity contribution in [3.63, 3.8) is 0 Å². The molecule has 16 heteroatoms. The molecule has 0 amide bonds. The standard InChI is InChI=1S/C32H29F9N6S/c1-3-26-28(43-27(48-26)12-9-19-7-5-4-6-8-19)25-11-10-22(30(33,34)35)15-21(25)18-46(29-44-45(2)47(29)42)17-20-13-23(31(36,37)38)16-24(14-20)32(39,40)41/h4-8,10-11,13-16H,3,9,12,17-18,42H2,1-2H3. The third kappa shape index (κ3) is 7.80. The number of hydrogen-bond donors (Lipinski definition) is 1. The molecule has 0 aliphatic carbocycles. The van der Waals surface area contributed by atoms with Crippen molar-refractivity contribution >= 4 is 17.3 Å². The van der Waals surface area contributed by atoms with Gasteiger partial charge in [0.2, 0.25) is 0 Å². The number of nitrogens with two attached hydrogens (primary N) is 1. The normalized spacial score (nSPS) is 12.6. The Labute approximate surface area is 273 Å². The zero-order chi connectivity index (χ0) is 35.0. The maximum atomic E-state index is 14.0. The van der Waals surface area contributed by atoms with Crippen LogP contribution in [-0.4, -0.2) is 19.7 Å². The lowest BCUT2D eigenvalue weighted by atomic mass is 9.98. The average molecular weight is 701 g/mol. The number of halogens is 9. The van der Waals surface area contributed by atoms with Gasteiger partial charge in [-0.3, -0.25) is 0 Å². The third-order valence-corrected chi connectivity index (χ3v) is 8.90. The van der Waals surface area contributed by atoms with Crippen molar-refractivity contribution in [1.82, 2.24) is 19.7 Å². The quantitative estimate of drug-likeness (QED) is 0.117. The zero-order valence-corrected chi connectivity index (χ0v) is 26.3. The largest absolute Gasteiger partial charge is 0.416 e. The first kappa shape index (κ1) is 34.9. The number of alkyl halides is 9. The molecule has 2 heterocycles. The Kier molecular flexibility index (Phi) is 9.59. The number of benzene rings is 3. The van der Waals surface area contributed by atoms with E-state index in [0.717, 1.165) is 37.2 Å². The number of nitrogens with zero attached hydrogens (tertiary/aromatic N) is 5. The summed E-state index contributed by atoms with van der Waals surface area (Å²) in [6.07, 6.45) is -13.2. The molecular formula is C32H29F9N6S. The van der Waals surface area contributed by atoms with Crippen LogP contribution in [0.1, 0.15) is 50.2 Å². The van der Waals surface area contributed by atoms with E-state index in [4.69, 9.17) is 10.8 Å². The van der Waals surface area contributed by atoms with Crippen LogP contribution in [0.4, 0.5) is 45.5 Å². The van der Waals surface area contributed by atoms with Crippen LogP contribution in [0.15, 0.2) is 66.7 Å². The molecule has 0 atom stereocenters. The second-order valence-corrected chi connectivity index (χ2v) is 12.3. The van der Waals surface area contributed by atoms with Crippen LogP contribution in [0.3, 0.4) is 0 Å². The third-order valence-electron chi connectivity index (χ3n) is 7.64. The lowest BCUT2D eigenvalue weighted by Gasteiger charge is -2.30. The van der Waals surface area contributed by atoms with Gasteiger partial charge in [-0.05, 0) is 59.9 Å². The Morgan fingerprint density at radius 1 is 0.750 bits per heavy atom. The van der Waals surface area contributed by atoms with E-state index in [1.165, 1.54) is 29.4 Å². The maximum Gasteiger partial charge on any atom is 0.416 e. The number of rotatable bonds is 10. The molecule has 0 saturated heterocycles. The predicted molar refractivity (Wildman–Crippen MR) is 163 cm³/mol. The van der Waals surface area contributed by atoms with Crippen molar-refractivity contribution in [2.75, 3.05) is 10.7 Å². The van der Waals surface area contributed by atoms with Gasteiger partial charge in [0.15, 0.2) is 0 Å². The molecule has 256 valence electrons. The summed E-state index contributed by atoms with van der Waals surface area (Å²) in [6, 6.07) is 13.9. The number of anilines is 1. The number of nitrogen functional groups attached to an aromatic ring is 1. The topological polar surface area (TPSA) is 64.9 Å². The highest BCUT2D eigenvalue weighted by Crippen LogP contribution is 2.39. The van der Waals surface area contributed by atoms with Gasteiger partial charge in [-0.15, -0.1) is 21.2 Å². The van der Waals surface area contributed by atoms with Gasteiger partial charge in [0.05, 0.1) is 27.4 Å². The van der Waals surface area contributed by atoms with E-state index in [9.17, 15) is 39.5 Å². The van der Waals surface area contributed by atoms with Gasteiger partial charge >= 0.3 is 18.5 Å². The Hall–Kier alpha value is -4.47. The summed E-state index contributed by atoms with van der Waals surface area (Å²) < 4.78 is 124. The van der Waals surface area contributed by atoms with Gasteiger partial charge in [0.25, 0.3) is 5.95 Å². The van der Waals surface area contributed by atoms with Crippen molar-refractivity contribution in [2.24, 2.45) is 7.05 Å². The van der Waals surface area contributed by atoms with Crippen LogP contribution >= 0.6 is 11.3 Å². The molecule has 5 aromatic rings. The molecule has 0 aliphatic heterocycles. The first-order valence-electron chi connectivity index (χ1n) is 14.6. The first-order valence-corrected chi connectivity index (χ1v) is 15.4. The number of thiazole rings is 1. The van der Waals surface area contributed by atoms with E-state index in [2.05, 4.69) is 5.10 Å². The second kappa shape index (κ2) is 13.2. The molecule has 6 nitrogen and oxygen atoms in total. The molecule has 0 radical (unpaired) electrons. The van der Waals surface area contributed by atoms with Crippen molar-refractivity contribution in [1.29, 1.82) is 0 Å². The Balaban J connectivity index is 1.58. The molecule has 3 aromatic carbocycles. The second-order valence-electron chi connectivity index (χ2n) is 11.1. The van der Waals surface area contributed by atoms with Crippen LogP contribution in [0.5, 0.6) is 0 Å². The predicted octanol–water partition coefficient (Wildman–Crippen LogP) is 8.67. The summed E-state index contributed by atoms with van der Waals surface area (Å²) in [7, 11) is 1.43. The van der Waals surface area contributed by atoms with Crippen LogP contribution in [0, 0.1) is 0 Å². The first-order chi connectivity index (χ1) is 22.4. The molecule has 5 rings (SSSR count). The summed E-state index contributed by atoms with van der Waals surface area (Å²) in [5.41, 5.74) is -2.50. The number of aryl methyl sites for hydroxylation is 4. The van der Waals surface area contributed by atoms with Gasteiger partial charge in [0, 0.05) is 37.0 Å². The van der Waals surface area contributed by atoms with Gasteiger partial charge in [-0.25, -0.2) is 4.98 Å². The van der Waals surface area contributed by atoms with Gasteiger partial charge in [0.1, 0.15) is 0 Å². The van der Waals surface area contributed by atoms with E-state index in [1.54, 1.807) is 0 Å². The fraction of sp³-hybridized carbons (Fsp3) is 0.312. The van der Waals surface area contributed by atoms with Crippen molar-refractivity contribution in [3.05, 3.63) is 110 Å². The summed E-state index contributed by atoms with van der Waals surface area (Å²) >= 11 is 1.43. The highest BCUT2D eigenvalue weighted by molar-refractivity contribution is 7.12. The van der Waals surface area contributed by atoms with Crippen LogP contribution in [0.25, 0.3) is 11.3 Å². The minimum absolute atomic E-state index is 0.00647. The minimum atomic E-state index is -5.09. The van der Waals surface area contributed by atoms with Gasteiger partial charge in [-0.2, -0.15) is 44.3 Å². The summed E-state index contributed by atoms with van der Waals surface area (Å²) in [4.78, 5) is 8.95. The van der Waals surface area contributed by atoms with Crippen molar-refractivity contribution < 1.29 is 39.5 Å². The average Bonchev–Trinajstić information content (AvgIpc) is 3.44. The zero-order valence-electron chi connectivity index (χ0n) is 25.5. The molecule has 0 fully saturated rings. The lowest BCUT2D eigenvalue weighted by Crippen LogP contribution is -2.39. The summed E-state index contributed by atoms with van der Waals surface area (Å²) in [5, 5.41) is 4.86. The molecule has 0 aliphatic rings. The molecule has 48 heavy (non-hydrogen) atoms. The van der Waals surface area contributed by atoms with E-state index < -0.39 is 53.9 Å². The summed E-state index contributed by atoms with van der Waals surface area (Å²) in [5.74, 6) is 5.91. The monoisotopic (exact) mass is 700 g/mol. The smallest absolute Gasteiger partial charge is 0.330 e. The van der Waals surface area contributed by atoms with E-state index in [0.29, 0.717) is 42.7 Å². The van der Waals surface area contributed by atoms with Crippen LogP contribution in [0.2, 0.25) is 0 Å². The number of aromatic nitrogens is 4. The van der Waals surface area contributed by atoms with Gasteiger partial charge < -0.3 is 10.7 Å². The fourth-order valence-corrected chi connectivity index (χ4v) is 6.26. The van der Waals surface area contributed by atoms with E-state index >= 15 is 0 Å². The molecule has 2 N–H and O–H groups in total. The van der Waals surface area contributed by atoms with Crippen molar-refractivity contribution in [3.8, 4) is 11.3 Å². The lowest BCUT2D eigenvalue weighted by molar-refractivity contribution is -0.143. The fourth-order valence-electron chi connectivity index (χ4n) is 5.24. The molecule has 2 aromatic heterocycles.